The predicted octanol–water partition coefficient (Wildman–Crippen LogP) is 16.0. The number of benzene rings is 10. The molecule has 10 aromatic carbocycles. The number of para-hydroxylation sites is 3. The van der Waals surface area contributed by atoms with Crippen LogP contribution in [-0.2, 0) is 9.84 Å². The number of aromatic amines is 6. The molecule has 0 aliphatic heterocycles. The van der Waals surface area contributed by atoms with Crippen LogP contribution in [0.15, 0.2) is 254 Å². The van der Waals surface area contributed by atoms with Crippen LogP contribution in [0.25, 0.3) is 78.0 Å². The second kappa shape index (κ2) is 33.6. The van der Waals surface area contributed by atoms with Gasteiger partial charge in [-0.1, -0.05) is 152 Å². The molecule has 16 aromatic rings. The largest absolute Gasteiger partial charge is 0.349 e. The Hall–Kier alpha value is -13.4. The first-order valence-electron chi connectivity index (χ1n) is 33.8. The Morgan fingerprint density at radius 2 is 0.830 bits per heavy atom. The van der Waals surface area contributed by atoms with E-state index in [4.69, 9.17) is 0 Å². The summed E-state index contributed by atoms with van der Waals surface area (Å²) in [5.41, 5.74) is 10.5. The molecule has 6 heterocycles. The fraction of sp³-hybridized carbons (Fsp3) is 0.0385. The molecule has 0 saturated carbocycles. The van der Waals surface area contributed by atoms with Crippen molar-refractivity contribution < 1.29 is 37.2 Å². The van der Waals surface area contributed by atoms with Crippen molar-refractivity contribution in [2.75, 3.05) is 43.9 Å². The van der Waals surface area contributed by atoms with Crippen molar-refractivity contribution in [3.8, 4) is 45.3 Å². The number of carbonyl (C=O) groups is 6. The summed E-state index contributed by atoms with van der Waals surface area (Å²) in [7, 11) is -3.61. The molecular weight excluding hydrogens is 1660 g/mol. The summed E-state index contributed by atoms with van der Waals surface area (Å²) in [5.74, 6) is -0.133. The van der Waals surface area contributed by atoms with Crippen LogP contribution < -0.4 is 31.9 Å². The van der Waals surface area contributed by atoms with E-state index in [2.05, 4.69) is 163 Å². The zero-order chi connectivity index (χ0) is 78.0. The smallest absolute Gasteiger partial charge is 0.272 e. The number of sulfone groups is 1. The third kappa shape index (κ3) is 17.3. The molecule has 0 saturated heterocycles. The molecule has 16 rings (SSSR count). The molecule has 34 heteroatoms. The second-order valence-electron chi connectivity index (χ2n) is 24.5. The number of anilines is 6. The van der Waals surface area contributed by atoms with Gasteiger partial charge in [-0.3, -0.25) is 28.8 Å². The monoisotopic (exact) mass is 1720 g/mol. The molecule has 0 unspecified atom stereocenters. The van der Waals surface area contributed by atoms with Crippen LogP contribution in [0.2, 0.25) is 0 Å². The normalized spacial score (nSPS) is 11.1. The van der Waals surface area contributed by atoms with E-state index < -0.39 is 21.7 Å². The molecular formula is C78H58Br3N21O8S2. The maximum atomic E-state index is 13.4. The number of hydrogen-bond acceptors (Lipinski definition) is 18. The van der Waals surface area contributed by atoms with Crippen LogP contribution in [0.1, 0.15) is 69.5 Å². The first-order chi connectivity index (χ1) is 54.3. The molecule has 6 amide bonds. The topological polar surface area (TPSA) is 419 Å². The average molecular weight is 1720 g/mol. The van der Waals surface area contributed by atoms with E-state index in [9.17, 15) is 37.2 Å². The molecule has 0 fully saturated rings. The number of nitrogens with one attached hydrogen (secondary N) is 12. The first kappa shape index (κ1) is 75.4. The van der Waals surface area contributed by atoms with Gasteiger partial charge in [-0.25, -0.2) is 13.5 Å². The molecule has 6 aromatic heterocycles. The molecule has 0 atom stereocenters. The molecule has 0 aliphatic rings. The van der Waals surface area contributed by atoms with Crippen LogP contribution in [0.5, 0.6) is 0 Å². The summed E-state index contributed by atoms with van der Waals surface area (Å²) in [6.45, 7) is 2.09. The zero-order valence-electron chi connectivity index (χ0n) is 58.4. The highest BCUT2D eigenvalue weighted by atomic mass is 79.9. The average Bonchev–Trinajstić information content (AvgIpc) is 1.75. The molecule has 0 radical (unpaired) electrons. The number of H-pyrrole nitrogens is 6. The highest BCUT2D eigenvalue weighted by Crippen LogP contribution is 2.36. The van der Waals surface area contributed by atoms with Gasteiger partial charge in [-0.15, -0.1) is 37.3 Å². The number of halogens is 3. The van der Waals surface area contributed by atoms with Gasteiger partial charge in [0.05, 0.1) is 61.1 Å². The number of hydrogen-bond donors (Lipinski definition) is 12. The van der Waals surface area contributed by atoms with E-state index in [-0.39, 0.29) is 39.8 Å². The summed E-state index contributed by atoms with van der Waals surface area (Å²) < 4.78 is 26.6. The molecule has 556 valence electrons. The van der Waals surface area contributed by atoms with Gasteiger partial charge < -0.3 is 46.9 Å². The number of fused-ring (bicyclic) bond motifs is 3. The SMILES string of the molecule is CCSc1ccc(C(=O)Nc2cccc3cc(C(=O)Nc4ccc(Br)cc4-c4nn[nH]n4)[nH]c23)cc1.CS(=O)(=O)c1ccccc1C(=O)Nc1cccc2cc(C(=O)Nc3ccc(Br)cc3-c3nn[nH]n3)[nH]c12.O=C(Nc1ccc(Br)cc1-c1nnn[nH]1)c1cc2cccc(NC(=O)c3ccccc3-c3ccccc3)c2[nH]1. The van der Waals surface area contributed by atoms with Crippen LogP contribution in [-0.4, -0.2) is 133 Å². The number of nitrogens with zero attached hydrogens (tertiary/aromatic N) is 9. The minimum Gasteiger partial charge on any atom is -0.349 e. The van der Waals surface area contributed by atoms with Crippen molar-refractivity contribution in [3.63, 3.8) is 0 Å². The zero-order valence-corrected chi connectivity index (χ0v) is 64.8. The Bertz CT molecular complexity index is 6340. The fourth-order valence-corrected chi connectivity index (χ4v) is 14.6. The van der Waals surface area contributed by atoms with E-state index in [1.807, 2.05) is 103 Å². The van der Waals surface area contributed by atoms with Crippen LogP contribution in [0.4, 0.5) is 34.1 Å². The van der Waals surface area contributed by atoms with Gasteiger partial charge in [0.2, 0.25) is 11.6 Å². The molecule has 0 bridgehead atoms. The second-order valence-corrected chi connectivity index (χ2v) is 30.6. The van der Waals surface area contributed by atoms with Gasteiger partial charge in [0, 0.05) is 68.5 Å². The third-order valence-corrected chi connectivity index (χ3v) is 20.7. The van der Waals surface area contributed by atoms with Gasteiger partial charge in [-0.2, -0.15) is 10.4 Å². The highest BCUT2D eigenvalue weighted by molar-refractivity contribution is 9.11. The molecule has 12 N–H and O–H groups in total. The van der Waals surface area contributed by atoms with Gasteiger partial charge in [0.1, 0.15) is 17.1 Å². The number of tetrazole rings is 3. The van der Waals surface area contributed by atoms with Crippen molar-refractivity contribution in [2.45, 2.75) is 16.7 Å². The van der Waals surface area contributed by atoms with Crippen molar-refractivity contribution in [1.29, 1.82) is 0 Å². The molecule has 0 spiro atoms. The Labute approximate surface area is 664 Å². The number of thioether (sulfide) groups is 1. The molecule has 0 aliphatic carbocycles. The van der Waals surface area contributed by atoms with Crippen LogP contribution >= 0.6 is 59.6 Å². The van der Waals surface area contributed by atoms with E-state index in [0.29, 0.717) is 113 Å². The quantitative estimate of drug-likeness (QED) is 0.0335. The van der Waals surface area contributed by atoms with Crippen molar-refractivity contribution in [2.24, 2.45) is 0 Å². The summed E-state index contributed by atoms with van der Waals surface area (Å²) in [5, 5.41) is 61.5. The van der Waals surface area contributed by atoms with Crippen LogP contribution in [0, 0.1) is 0 Å². The summed E-state index contributed by atoms with van der Waals surface area (Å²) in [6, 6.07) is 68.0. The Morgan fingerprint density at radius 1 is 0.402 bits per heavy atom. The Balaban J connectivity index is 0.000000140. The van der Waals surface area contributed by atoms with Gasteiger partial charge in [0.25, 0.3) is 35.4 Å². The van der Waals surface area contributed by atoms with Crippen molar-refractivity contribution in [3.05, 3.63) is 278 Å². The summed E-state index contributed by atoms with van der Waals surface area (Å²) >= 11 is 12.0. The maximum absolute atomic E-state index is 13.4. The first-order valence-corrected chi connectivity index (χ1v) is 39.0. The number of carbonyl (C=O) groups excluding carboxylic acids is 6. The minimum absolute atomic E-state index is 0.0239. The summed E-state index contributed by atoms with van der Waals surface area (Å²) in [4.78, 5) is 89.1. The lowest BCUT2D eigenvalue weighted by molar-refractivity contribution is 0.101. The maximum Gasteiger partial charge on any atom is 0.272 e. The Kier molecular flexibility index (Phi) is 22.6. The van der Waals surface area contributed by atoms with E-state index >= 15 is 0 Å². The standard InChI is InChI=1S/C29H20BrN7O2.C25H20BrN7O2S.C24H18BrN7O4S/c30-19-13-14-23(22(16-19)27-34-36-37-35-27)32-29(39)25-15-18-9-6-12-24(26(18)31-25)33-28(38)21-11-5-4-10-20(21)17-7-2-1-3-8-17;1-2-36-17-9-6-14(7-10-17)24(34)29-20-5-3-4-15-12-21(27-22(15)20)25(35)28-19-11-8-16(26)13-18(19)23-30-32-33-31-23;1-37(35,36)20-8-3-2-6-15(20)23(33)28-18-7-4-5-13-11-19(26-21(13)18)24(34)27-17-10-9-14(25)12-16(17)22-29-31-32-30-22/h1-16,31H,(H,32,39)(H,33,38)(H,34,35,36,37);3-13,27H,2H2,1H3,(H,28,35)(H,29,34)(H,30,31,32,33);2-12,26H,1H3,(H,27,34)(H,28,33)(H,29,30,31,32). The third-order valence-electron chi connectivity index (χ3n) is 17.1. The number of aromatic nitrogens is 15. The minimum atomic E-state index is -3.61. The number of rotatable bonds is 19. The van der Waals surface area contributed by atoms with E-state index in [1.54, 1.807) is 127 Å². The summed E-state index contributed by atoms with van der Waals surface area (Å²) in [6.07, 6.45) is 1.05. The lowest BCUT2D eigenvalue weighted by Gasteiger charge is -2.11. The van der Waals surface area contributed by atoms with E-state index in [0.717, 1.165) is 52.2 Å². The number of amides is 6. The van der Waals surface area contributed by atoms with Crippen molar-refractivity contribution >= 4 is 172 Å². The van der Waals surface area contributed by atoms with Gasteiger partial charge >= 0.3 is 0 Å². The van der Waals surface area contributed by atoms with Crippen LogP contribution in [0.3, 0.4) is 0 Å². The van der Waals surface area contributed by atoms with Crippen molar-refractivity contribution in [1.82, 2.24) is 76.8 Å². The van der Waals surface area contributed by atoms with E-state index in [1.165, 1.54) is 12.1 Å². The van der Waals surface area contributed by atoms with Gasteiger partial charge in [0.15, 0.2) is 15.7 Å². The lowest BCUT2D eigenvalue weighted by Crippen LogP contribution is -2.16. The molecule has 112 heavy (non-hydrogen) atoms. The predicted molar refractivity (Wildman–Crippen MR) is 439 cm³/mol. The molecule has 29 nitrogen and oxygen atoms in total. The lowest BCUT2D eigenvalue weighted by atomic mass is 9.99. The highest BCUT2D eigenvalue weighted by Gasteiger charge is 2.24. The fourth-order valence-electron chi connectivity index (χ4n) is 12.0. The Morgan fingerprint density at radius 3 is 1.29 bits per heavy atom. The van der Waals surface area contributed by atoms with Gasteiger partial charge in [-0.05, 0) is 171 Å².